The maximum Gasteiger partial charge on any atom is 0.266 e. The molecule has 152 valence electrons. The van der Waals surface area contributed by atoms with Crippen LogP contribution in [0.15, 0.2) is 35.4 Å². The van der Waals surface area contributed by atoms with Crippen molar-refractivity contribution in [1.82, 2.24) is 14.5 Å². The second kappa shape index (κ2) is 7.96. The number of thiophene rings is 1. The first kappa shape index (κ1) is 19.6. The molecule has 0 atom stereocenters. The highest BCUT2D eigenvalue weighted by Crippen LogP contribution is 2.30. The highest BCUT2D eigenvalue weighted by atomic mass is 32.1. The lowest BCUT2D eigenvalue weighted by molar-refractivity contribution is 0.103. The van der Waals surface area contributed by atoms with Gasteiger partial charge in [0.15, 0.2) is 0 Å². The number of amides is 1. The number of benzene rings is 1. The van der Waals surface area contributed by atoms with Crippen LogP contribution in [0.3, 0.4) is 0 Å². The van der Waals surface area contributed by atoms with Crippen LogP contribution in [0.1, 0.15) is 22.2 Å². The smallest absolute Gasteiger partial charge is 0.266 e. The molecule has 0 bridgehead atoms. The third-order valence-corrected chi connectivity index (χ3v) is 6.73. The van der Waals surface area contributed by atoms with E-state index < -0.39 is 0 Å². The lowest BCUT2D eigenvalue weighted by Gasteiger charge is -2.36. The Hall–Kier alpha value is -2.71. The molecule has 3 heterocycles. The van der Waals surface area contributed by atoms with Crippen LogP contribution in [0.5, 0.6) is 0 Å². The number of carbonyl (C=O) groups excluding carboxylic acids is 1. The summed E-state index contributed by atoms with van der Waals surface area (Å²) in [5.41, 5.74) is 2.38. The van der Waals surface area contributed by atoms with Crippen molar-refractivity contribution in [2.45, 2.75) is 13.8 Å². The highest BCUT2D eigenvalue weighted by molar-refractivity contribution is 7.20. The van der Waals surface area contributed by atoms with Gasteiger partial charge < -0.3 is 19.7 Å². The van der Waals surface area contributed by atoms with E-state index in [2.05, 4.69) is 27.0 Å². The molecule has 29 heavy (non-hydrogen) atoms. The van der Waals surface area contributed by atoms with Gasteiger partial charge in [-0.15, -0.1) is 11.3 Å². The SMILES string of the molecule is CCN1CCN(c2ccccc2NC(=O)c2sc3ncn(C)c(=O)c3c2C)CC1. The van der Waals surface area contributed by atoms with Gasteiger partial charge in [-0.25, -0.2) is 4.98 Å². The topological polar surface area (TPSA) is 70.5 Å². The average Bonchev–Trinajstić information content (AvgIpc) is 3.08. The first-order valence-corrected chi connectivity index (χ1v) is 10.6. The van der Waals surface area contributed by atoms with Crippen molar-refractivity contribution in [1.29, 1.82) is 0 Å². The van der Waals surface area contributed by atoms with Gasteiger partial charge in [0, 0.05) is 33.2 Å². The molecule has 0 saturated carbocycles. The van der Waals surface area contributed by atoms with Gasteiger partial charge in [-0.05, 0) is 31.2 Å². The maximum absolute atomic E-state index is 13.1. The van der Waals surface area contributed by atoms with E-state index in [1.165, 1.54) is 22.2 Å². The van der Waals surface area contributed by atoms with E-state index in [9.17, 15) is 9.59 Å². The molecule has 0 aliphatic carbocycles. The normalized spacial score (nSPS) is 15.1. The molecule has 7 nitrogen and oxygen atoms in total. The Morgan fingerprint density at radius 2 is 1.93 bits per heavy atom. The predicted octanol–water partition coefficient (Wildman–Crippen LogP) is 2.70. The minimum Gasteiger partial charge on any atom is -0.367 e. The molecular formula is C21H25N5O2S. The summed E-state index contributed by atoms with van der Waals surface area (Å²) < 4.78 is 1.44. The average molecular weight is 412 g/mol. The number of carbonyl (C=O) groups is 1. The van der Waals surface area contributed by atoms with Crippen LogP contribution in [0.4, 0.5) is 11.4 Å². The summed E-state index contributed by atoms with van der Waals surface area (Å²) in [7, 11) is 1.67. The molecule has 3 aromatic rings. The van der Waals surface area contributed by atoms with Crippen LogP contribution in [0, 0.1) is 6.92 Å². The number of anilines is 2. The number of para-hydroxylation sites is 2. The molecule has 1 fully saturated rings. The number of nitrogens with one attached hydrogen (secondary N) is 1. The molecule has 1 saturated heterocycles. The van der Waals surface area contributed by atoms with E-state index in [0.717, 1.165) is 44.1 Å². The van der Waals surface area contributed by atoms with Crippen molar-refractivity contribution >= 4 is 38.8 Å². The number of hydrogen-bond acceptors (Lipinski definition) is 6. The number of aryl methyl sites for hydroxylation is 2. The molecule has 4 rings (SSSR count). The van der Waals surface area contributed by atoms with Crippen LogP contribution in [-0.4, -0.2) is 53.1 Å². The zero-order chi connectivity index (χ0) is 20.5. The van der Waals surface area contributed by atoms with E-state index >= 15 is 0 Å². The Kier molecular flexibility index (Phi) is 5.38. The zero-order valence-electron chi connectivity index (χ0n) is 16.9. The van der Waals surface area contributed by atoms with E-state index in [1.807, 2.05) is 31.2 Å². The molecule has 8 heteroatoms. The number of hydrogen-bond donors (Lipinski definition) is 1. The van der Waals surface area contributed by atoms with E-state index in [0.29, 0.717) is 20.7 Å². The van der Waals surface area contributed by atoms with Crippen LogP contribution < -0.4 is 15.8 Å². The van der Waals surface area contributed by atoms with Crippen molar-refractivity contribution < 1.29 is 4.79 Å². The summed E-state index contributed by atoms with van der Waals surface area (Å²) in [6.07, 6.45) is 1.49. The van der Waals surface area contributed by atoms with Crippen LogP contribution >= 0.6 is 11.3 Å². The molecule has 0 spiro atoms. The second-order valence-electron chi connectivity index (χ2n) is 7.29. The molecule has 1 N–H and O–H groups in total. The molecule has 0 unspecified atom stereocenters. The van der Waals surface area contributed by atoms with E-state index in [1.54, 1.807) is 7.05 Å². The lowest BCUT2D eigenvalue weighted by Crippen LogP contribution is -2.46. The lowest BCUT2D eigenvalue weighted by atomic mass is 10.2. The Morgan fingerprint density at radius 3 is 2.66 bits per heavy atom. The Labute approximate surface area is 173 Å². The summed E-state index contributed by atoms with van der Waals surface area (Å²) in [5, 5.41) is 3.59. The molecule has 1 aliphatic heterocycles. The fraction of sp³-hybridized carbons (Fsp3) is 0.381. The first-order valence-electron chi connectivity index (χ1n) is 9.82. The van der Waals surface area contributed by atoms with Gasteiger partial charge >= 0.3 is 0 Å². The Bertz CT molecular complexity index is 1110. The number of nitrogens with zero attached hydrogens (tertiary/aromatic N) is 4. The van der Waals surface area contributed by atoms with Gasteiger partial charge in [-0.2, -0.15) is 0 Å². The standard InChI is InChI=1S/C21H25N5O2S/c1-4-25-9-11-26(12-10-25)16-8-6-5-7-15(16)23-19(27)18-14(2)17-20(29-18)22-13-24(3)21(17)28/h5-8,13H,4,9-12H2,1-3H3,(H,23,27). The van der Waals surface area contributed by atoms with Crippen molar-refractivity contribution in [3.05, 3.63) is 51.4 Å². The molecular weight excluding hydrogens is 386 g/mol. The van der Waals surface area contributed by atoms with Crippen molar-refractivity contribution in [3.63, 3.8) is 0 Å². The zero-order valence-corrected chi connectivity index (χ0v) is 17.8. The number of likely N-dealkylation sites (N-methyl/N-ethyl adjacent to an activating group) is 1. The number of piperazine rings is 1. The van der Waals surface area contributed by atoms with Gasteiger partial charge in [0.25, 0.3) is 11.5 Å². The summed E-state index contributed by atoms with van der Waals surface area (Å²) in [6, 6.07) is 7.90. The third kappa shape index (κ3) is 3.65. The Morgan fingerprint density at radius 1 is 1.21 bits per heavy atom. The van der Waals surface area contributed by atoms with Crippen LogP contribution in [0.2, 0.25) is 0 Å². The summed E-state index contributed by atoms with van der Waals surface area (Å²) in [4.78, 5) is 35.7. The number of aromatic nitrogens is 2. The van der Waals surface area contributed by atoms with Crippen molar-refractivity contribution in [3.8, 4) is 0 Å². The summed E-state index contributed by atoms with van der Waals surface area (Å²) >= 11 is 1.26. The summed E-state index contributed by atoms with van der Waals surface area (Å²) in [6.45, 7) is 8.95. The number of fused-ring (bicyclic) bond motifs is 1. The number of rotatable bonds is 4. The molecule has 0 radical (unpaired) electrons. The summed E-state index contributed by atoms with van der Waals surface area (Å²) in [5.74, 6) is -0.202. The van der Waals surface area contributed by atoms with E-state index in [4.69, 9.17) is 0 Å². The predicted molar refractivity (Wildman–Crippen MR) is 118 cm³/mol. The van der Waals surface area contributed by atoms with Gasteiger partial charge in [-0.3, -0.25) is 9.59 Å². The Balaban J connectivity index is 1.62. The maximum atomic E-state index is 13.1. The molecule has 2 aromatic heterocycles. The van der Waals surface area contributed by atoms with Gasteiger partial charge in [0.2, 0.25) is 0 Å². The monoisotopic (exact) mass is 411 g/mol. The highest BCUT2D eigenvalue weighted by Gasteiger charge is 2.22. The fourth-order valence-electron chi connectivity index (χ4n) is 3.76. The third-order valence-electron chi connectivity index (χ3n) is 5.53. The van der Waals surface area contributed by atoms with Gasteiger partial charge in [0.05, 0.1) is 28.0 Å². The molecule has 1 aromatic carbocycles. The van der Waals surface area contributed by atoms with Crippen molar-refractivity contribution in [2.24, 2.45) is 7.05 Å². The minimum atomic E-state index is -0.202. The molecule has 1 aliphatic rings. The fourth-order valence-corrected chi connectivity index (χ4v) is 4.80. The van der Waals surface area contributed by atoms with Crippen LogP contribution in [0.25, 0.3) is 10.2 Å². The molecule has 1 amide bonds. The first-order chi connectivity index (χ1) is 14.0. The quantitative estimate of drug-likeness (QED) is 0.715. The van der Waals surface area contributed by atoms with Crippen LogP contribution in [-0.2, 0) is 7.05 Å². The van der Waals surface area contributed by atoms with Crippen molar-refractivity contribution in [2.75, 3.05) is 42.9 Å². The second-order valence-corrected chi connectivity index (χ2v) is 8.29. The largest absolute Gasteiger partial charge is 0.367 e. The minimum absolute atomic E-state index is 0.128. The van der Waals surface area contributed by atoms with E-state index in [-0.39, 0.29) is 11.5 Å². The van der Waals surface area contributed by atoms with Gasteiger partial charge in [0.1, 0.15) is 4.83 Å². The van der Waals surface area contributed by atoms with Gasteiger partial charge in [-0.1, -0.05) is 19.1 Å².